The quantitative estimate of drug-likeness (QED) is 0.466. The summed E-state index contributed by atoms with van der Waals surface area (Å²) in [5.74, 6) is 0.934. The number of amides is 1. The number of benzene rings is 3. The smallest absolute Gasteiger partial charge is 0.276 e. The predicted octanol–water partition coefficient (Wildman–Crippen LogP) is 3.86. The Morgan fingerprint density at radius 3 is 2.58 bits per heavy atom. The van der Waals surface area contributed by atoms with Crippen LogP contribution in [0.25, 0.3) is 10.9 Å². The Kier molecular flexibility index (Phi) is 5.26. The summed E-state index contributed by atoms with van der Waals surface area (Å²) in [5.41, 5.74) is 2.56. The maximum absolute atomic E-state index is 13.1. The van der Waals surface area contributed by atoms with Gasteiger partial charge >= 0.3 is 0 Å². The van der Waals surface area contributed by atoms with Crippen molar-refractivity contribution in [2.45, 2.75) is 18.4 Å². The van der Waals surface area contributed by atoms with E-state index in [2.05, 4.69) is 10.4 Å². The summed E-state index contributed by atoms with van der Waals surface area (Å²) >= 11 is 0. The number of sulfone groups is 1. The molecule has 1 aromatic heterocycles. The first kappa shape index (κ1) is 21.0. The molecule has 1 aliphatic rings. The molecule has 0 unspecified atom stereocenters. The van der Waals surface area contributed by atoms with Crippen LogP contribution in [0.4, 0.5) is 5.69 Å². The largest absolute Gasteiger partial charge is 0.454 e. The van der Waals surface area contributed by atoms with Crippen molar-refractivity contribution >= 4 is 32.3 Å². The number of ether oxygens (including phenoxy) is 2. The van der Waals surface area contributed by atoms with Crippen LogP contribution in [-0.4, -0.2) is 36.7 Å². The number of nitrogens with one attached hydrogen (secondary N) is 1. The van der Waals surface area contributed by atoms with E-state index in [0.29, 0.717) is 34.3 Å². The van der Waals surface area contributed by atoms with Gasteiger partial charge in [0.2, 0.25) is 6.79 Å². The van der Waals surface area contributed by atoms with Crippen LogP contribution in [0.5, 0.6) is 11.5 Å². The number of hydrogen-bond acceptors (Lipinski definition) is 6. The fourth-order valence-corrected chi connectivity index (χ4v) is 4.61. The van der Waals surface area contributed by atoms with Crippen molar-refractivity contribution < 1.29 is 22.7 Å². The summed E-state index contributed by atoms with van der Waals surface area (Å²) in [4.78, 5) is 13.4. The van der Waals surface area contributed by atoms with E-state index in [-0.39, 0.29) is 18.5 Å². The molecule has 4 aromatic rings. The first-order valence-electron chi connectivity index (χ1n) is 10.4. The monoisotopic (exact) mass is 463 g/mol. The SMILES string of the molecule is CCS(=O)(=O)c1ccc(Cn2nc(C(=O)Nc3ccc4c(c3)OCO4)c3ccccc32)cc1. The highest BCUT2D eigenvalue weighted by atomic mass is 32.2. The van der Waals surface area contributed by atoms with E-state index in [4.69, 9.17) is 9.47 Å². The molecule has 1 aliphatic heterocycles. The molecular formula is C24H21N3O5S. The Hall–Kier alpha value is -3.85. The van der Waals surface area contributed by atoms with Crippen molar-refractivity contribution in [3.05, 3.63) is 78.0 Å². The maximum Gasteiger partial charge on any atom is 0.276 e. The van der Waals surface area contributed by atoms with E-state index in [1.54, 1.807) is 54.1 Å². The van der Waals surface area contributed by atoms with Crippen LogP contribution in [-0.2, 0) is 16.4 Å². The summed E-state index contributed by atoms with van der Waals surface area (Å²) < 4.78 is 36.5. The van der Waals surface area contributed by atoms with Crippen molar-refractivity contribution in [3.63, 3.8) is 0 Å². The topological polar surface area (TPSA) is 99.5 Å². The molecule has 0 saturated heterocycles. The van der Waals surface area contributed by atoms with Crippen molar-refractivity contribution in [2.75, 3.05) is 17.9 Å². The Balaban J connectivity index is 1.43. The molecule has 5 rings (SSSR count). The summed E-state index contributed by atoms with van der Waals surface area (Å²) in [6.45, 7) is 2.17. The lowest BCUT2D eigenvalue weighted by atomic mass is 10.2. The highest BCUT2D eigenvalue weighted by Crippen LogP contribution is 2.34. The molecule has 0 fully saturated rings. The van der Waals surface area contributed by atoms with Crippen LogP contribution < -0.4 is 14.8 Å². The van der Waals surface area contributed by atoms with Crippen molar-refractivity contribution in [1.82, 2.24) is 9.78 Å². The molecule has 0 radical (unpaired) electrons. The molecule has 3 aromatic carbocycles. The van der Waals surface area contributed by atoms with Crippen LogP contribution in [0, 0.1) is 0 Å². The molecular weight excluding hydrogens is 442 g/mol. The molecule has 0 saturated carbocycles. The zero-order valence-corrected chi connectivity index (χ0v) is 18.6. The molecule has 0 aliphatic carbocycles. The summed E-state index contributed by atoms with van der Waals surface area (Å²) in [5, 5.41) is 8.16. The van der Waals surface area contributed by atoms with Crippen LogP contribution >= 0.6 is 0 Å². The minimum Gasteiger partial charge on any atom is -0.454 e. The Labute approximate surface area is 190 Å². The molecule has 0 atom stereocenters. The number of aromatic nitrogens is 2. The van der Waals surface area contributed by atoms with E-state index in [1.165, 1.54) is 0 Å². The number of rotatable bonds is 6. The fourth-order valence-electron chi connectivity index (χ4n) is 3.72. The molecule has 1 amide bonds. The van der Waals surface area contributed by atoms with Gasteiger partial charge < -0.3 is 14.8 Å². The fraction of sp³-hybridized carbons (Fsp3) is 0.167. The second-order valence-corrected chi connectivity index (χ2v) is 9.87. The van der Waals surface area contributed by atoms with Gasteiger partial charge in [-0.05, 0) is 35.9 Å². The van der Waals surface area contributed by atoms with E-state index in [9.17, 15) is 13.2 Å². The molecule has 33 heavy (non-hydrogen) atoms. The van der Waals surface area contributed by atoms with Crippen molar-refractivity contribution in [3.8, 4) is 11.5 Å². The molecule has 1 N–H and O–H groups in total. The van der Waals surface area contributed by atoms with Crippen LogP contribution in [0.3, 0.4) is 0 Å². The van der Waals surface area contributed by atoms with Crippen molar-refractivity contribution in [2.24, 2.45) is 0 Å². The van der Waals surface area contributed by atoms with E-state index in [1.807, 2.05) is 24.3 Å². The van der Waals surface area contributed by atoms with Gasteiger partial charge in [0.25, 0.3) is 5.91 Å². The van der Waals surface area contributed by atoms with Gasteiger partial charge in [0.05, 0.1) is 22.7 Å². The lowest BCUT2D eigenvalue weighted by molar-refractivity contribution is 0.102. The van der Waals surface area contributed by atoms with Gasteiger partial charge in [-0.2, -0.15) is 5.10 Å². The molecule has 2 heterocycles. The average molecular weight is 464 g/mol. The molecule has 168 valence electrons. The summed E-state index contributed by atoms with van der Waals surface area (Å²) in [6, 6.07) is 19.4. The van der Waals surface area contributed by atoms with Gasteiger partial charge in [0.1, 0.15) is 0 Å². The average Bonchev–Trinajstić information content (AvgIpc) is 3.44. The predicted molar refractivity (Wildman–Crippen MR) is 124 cm³/mol. The summed E-state index contributed by atoms with van der Waals surface area (Å²) in [6.07, 6.45) is 0. The van der Waals surface area contributed by atoms with Gasteiger partial charge in [-0.25, -0.2) is 8.42 Å². The van der Waals surface area contributed by atoms with Gasteiger partial charge in [0.15, 0.2) is 27.0 Å². The Morgan fingerprint density at radius 1 is 1.03 bits per heavy atom. The normalized spacial score (nSPS) is 12.8. The highest BCUT2D eigenvalue weighted by molar-refractivity contribution is 7.91. The van der Waals surface area contributed by atoms with Gasteiger partial charge in [0, 0.05) is 17.1 Å². The van der Waals surface area contributed by atoms with E-state index >= 15 is 0 Å². The maximum atomic E-state index is 13.1. The second kappa shape index (κ2) is 8.25. The van der Waals surface area contributed by atoms with E-state index in [0.717, 1.165) is 16.5 Å². The van der Waals surface area contributed by atoms with Crippen LogP contribution in [0.15, 0.2) is 71.6 Å². The van der Waals surface area contributed by atoms with Crippen LogP contribution in [0.1, 0.15) is 23.0 Å². The van der Waals surface area contributed by atoms with Crippen molar-refractivity contribution in [1.29, 1.82) is 0 Å². The second-order valence-electron chi connectivity index (χ2n) is 7.59. The van der Waals surface area contributed by atoms with Gasteiger partial charge in [-0.15, -0.1) is 0 Å². The third-order valence-corrected chi connectivity index (χ3v) is 7.25. The number of carbonyl (C=O) groups excluding carboxylic acids is 1. The minimum absolute atomic E-state index is 0.0536. The Bertz CT molecular complexity index is 1460. The van der Waals surface area contributed by atoms with Gasteiger partial charge in [-0.3, -0.25) is 9.48 Å². The molecule has 9 heteroatoms. The third-order valence-electron chi connectivity index (χ3n) is 5.50. The first-order valence-corrected chi connectivity index (χ1v) is 12.1. The number of hydrogen-bond donors (Lipinski definition) is 1. The number of anilines is 1. The number of para-hydroxylation sites is 1. The zero-order valence-electron chi connectivity index (χ0n) is 17.8. The van der Waals surface area contributed by atoms with Gasteiger partial charge in [-0.1, -0.05) is 37.3 Å². The molecule has 0 bridgehead atoms. The number of carbonyl (C=O) groups is 1. The summed E-state index contributed by atoms with van der Waals surface area (Å²) in [7, 11) is -3.26. The zero-order chi connectivity index (χ0) is 23.0. The third kappa shape index (κ3) is 4.03. The molecule has 8 nitrogen and oxygen atoms in total. The van der Waals surface area contributed by atoms with Crippen LogP contribution in [0.2, 0.25) is 0 Å². The molecule has 0 spiro atoms. The highest BCUT2D eigenvalue weighted by Gasteiger charge is 2.19. The Morgan fingerprint density at radius 2 is 1.79 bits per heavy atom. The van der Waals surface area contributed by atoms with E-state index < -0.39 is 9.84 Å². The first-order chi connectivity index (χ1) is 15.9. The lowest BCUT2D eigenvalue weighted by Gasteiger charge is -2.06. The number of fused-ring (bicyclic) bond motifs is 2. The minimum atomic E-state index is -3.26. The number of nitrogens with zero attached hydrogens (tertiary/aromatic N) is 2. The standard InChI is InChI=1S/C24H21N3O5S/c1-2-33(29,30)18-10-7-16(8-11-18)14-27-20-6-4-3-5-19(20)23(26-27)24(28)25-17-9-12-21-22(13-17)32-15-31-21/h3-13H,2,14-15H2,1H3,(H,25,28). The lowest BCUT2D eigenvalue weighted by Crippen LogP contribution is -2.14.